The number of amides is 1. The van der Waals surface area contributed by atoms with E-state index in [-0.39, 0.29) is 11.3 Å². The van der Waals surface area contributed by atoms with E-state index in [9.17, 15) is 23.2 Å². The van der Waals surface area contributed by atoms with Crippen LogP contribution in [0.15, 0.2) is 53.3 Å². The van der Waals surface area contributed by atoms with Gasteiger partial charge in [0.2, 0.25) is 0 Å². The van der Waals surface area contributed by atoms with Crippen LogP contribution in [-0.4, -0.2) is 27.8 Å². The van der Waals surface area contributed by atoms with Crippen LogP contribution in [0.5, 0.6) is 0 Å². The zero-order chi connectivity index (χ0) is 21.1. The van der Waals surface area contributed by atoms with Crippen LogP contribution >= 0.6 is 0 Å². The number of para-hydroxylation sites is 1. The van der Waals surface area contributed by atoms with Gasteiger partial charge in [-0.25, -0.2) is 18.3 Å². The third-order valence-electron chi connectivity index (χ3n) is 4.25. The average molecular weight is 401 g/mol. The second-order valence-electron chi connectivity index (χ2n) is 6.22. The van der Waals surface area contributed by atoms with Gasteiger partial charge in [0, 0.05) is 13.1 Å². The maximum Gasteiger partial charge on any atom is 0.338 e. The number of rotatable bonds is 5. The molecule has 9 heteroatoms. The topological polar surface area (TPSA) is 82.3 Å². The molecule has 1 amide bonds. The van der Waals surface area contributed by atoms with Gasteiger partial charge in [-0.05, 0) is 31.2 Å². The van der Waals surface area contributed by atoms with Crippen molar-refractivity contribution in [1.82, 2.24) is 9.36 Å². The molecule has 7 nitrogen and oxygen atoms in total. The van der Waals surface area contributed by atoms with Crippen molar-refractivity contribution in [2.75, 3.05) is 11.9 Å². The van der Waals surface area contributed by atoms with E-state index >= 15 is 0 Å². The molecule has 3 aromatic rings. The van der Waals surface area contributed by atoms with Crippen molar-refractivity contribution in [3.05, 3.63) is 81.8 Å². The maximum absolute atomic E-state index is 13.2. The number of nitrogens with one attached hydrogen (secondary N) is 1. The Kier molecular flexibility index (Phi) is 5.58. The van der Waals surface area contributed by atoms with Crippen LogP contribution < -0.4 is 10.9 Å². The predicted molar refractivity (Wildman–Crippen MR) is 101 cm³/mol. The molecule has 0 aliphatic carbocycles. The Morgan fingerprint density at radius 1 is 1.07 bits per heavy atom. The molecule has 0 spiro atoms. The van der Waals surface area contributed by atoms with Crippen molar-refractivity contribution in [3.63, 3.8) is 0 Å². The molecule has 1 N–H and O–H groups in total. The fraction of sp³-hybridized carbons (Fsp3) is 0.150. The van der Waals surface area contributed by atoms with Gasteiger partial charge in [0.1, 0.15) is 17.3 Å². The highest BCUT2D eigenvalue weighted by molar-refractivity contribution is 5.95. The van der Waals surface area contributed by atoms with E-state index in [1.807, 2.05) is 6.07 Å². The first-order valence-electron chi connectivity index (χ1n) is 8.55. The van der Waals surface area contributed by atoms with Crippen molar-refractivity contribution in [3.8, 4) is 5.69 Å². The van der Waals surface area contributed by atoms with Gasteiger partial charge in [0.15, 0.2) is 6.61 Å². The highest BCUT2D eigenvalue weighted by Crippen LogP contribution is 2.14. The summed E-state index contributed by atoms with van der Waals surface area (Å²) < 4.78 is 34.1. The quantitative estimate of drug-likeness (QED) is 0.667. The van der Waals surface area contributed by atoms with Crippen LogP contribution in [0.3, 0.4) is 0 Å². The summed E-state index contributed by atoms with van der Waals surface area (Å²) in [5.74, 6) is -3.71. The third kappa shape index (κ3) is 4.23. The first-order chi connectivity index (χ1) is 13.8. The molecular weight excluding hydrogens is 384 g/mol. The summed E-state index contributed by atoms with van der Waals surface area (Å²) in [7, 11) is 1.66. The number of halogens is 2. The fourth-order valence-electron chi connectivity index (χ4n) is 2.77. The van der Waals surface area contributed by atoms with Crippen LogP contribution in [0.25, 0.3) is 5.69 Å². The number of anilines is 1. The summed E-state index contributed by atoms with van der Waals surface area (Å²) in [6, 6.07) is 11.0. The van der Waals surface area contributed by atoms with Gasteiger partial charge in [-0.3, -0.25) is 14.3 Å². The summed E-state index contributed by atoms with van der Waals surface area (Å²) in [5, 5.41) is 2.42. The molecule has 0 saturated carbocycles. The summed E-state index contributed by atoms with van der Waals surface area (Å²) >= 11 is 0. The van der Waals surface area contributed by atoms with Gasteiger partial charge < -0.3 is 10.1 Å². The third-order valence-corrected chi connectivity index (χ3v) is 4.25. The highest BCUT2D eigenvalue weighted by Gasteiger charge is 2.19. The Bertz CT molecular complexity index is 1120. The fourth-order valence-corrected chi connectivity index (χ4v) is 2.77. The average Bonchev–Trinajstić information content (AvgIpc) is 2.89. The van der Waals surface area contributed by atoms with E-state index in [1.54, 1.807) is 42.9 Å². The van der Waals surface area contributed by atoms with Crippen molar-refractivity contribution < 1.29 is 23.1 Å². The molecule has 2 aromatic carbocycles. The molecule has 0 unspecified atom stereocenters. The Hall–Kier alpha value is -3.75. The van der Waals surface area contributed by atoms with Gasteiger partial charge in [0.05, 0.1) is 16.9 Å². The number of benzene rings is 2. The maximum atomic E-state index is 13.2. The SMILES string of the molecule is Cc1c(NC(=O)COC(=O)c2cc(F)cc(F)c2)c(=O)n(-c2ccccc2)n1C. The minimum absolute atomic E-state index is 0.0363. The van der Waals surface area contributed by atoms with E-state index in [0.717, 1.165) is 12.1 Å². The summed E-state index contributed by atoms with van der Waals surface area (Å²) in [4.78, 5) is 36.7. The van der Waals surface area contributed by atoms with Crippen molar-refractivity contribution in [2.24, 2.45) is 7.05 Å². The van der Waals surface area contributed by atoms with Crippen LogP contribution in [0.2, 0.25) is 0 Å². The lowest BCUT2D eigenvalue weighted by Gasteiger charge is -2.07. The monoisotopic (exact) mass is 401 g/mol. The van der Waals surface area contributed by atoms with Crippen LogP contribution in [0.1, 0.15) is 16.1 Å². The number of nitrogens with zero attached hydrogens (tertiary/aromatic N) is 2. The molecule has 1 aromatic heterocycles. The number of esters is 1. The highest BCUT2D eigenvalue weighted by atomic mass is 19.1. The van der Waals surface area contributed by atoms with Gasteiger partial charge in [-0.1, -0.05) is 18.2 Å². The number of carbonyl (C=O) groups excluding carboxylic acids is 2. The minimum atomic E-state index is -1.06. The predicted octanol–water partition coefficient (Wildman–Crippen LogP) is 2.56. The number of aromatic nitrogens is 2. The van der Waals surface area contributed by atoms with E-state index < -0.39 is 35.7 Å². The lowest BCUT2D eigenvalue weighted by Crippen LogP contribution is -2.25. The first-order valence-corrected chi connectivity index (χ1v) is 8.55. The molecule has 3 rings (SSSR count). The number of hydrogen-bond acceptors (Lipinski definition) is 4. The Morgan fingerprint density at radius 2 is 1.69 bits per heavy atom. The van der Waals surface area contributed by atoms with E-state index in [1.165, 1.54) is 4.68 Å². The van der Waals surface area contributed by atoms with Gasteiger partial charge in [-0.15, -0.1) is 0 Å². The van der Waals surface area contributed by atoms with E-state index in [2.05, 4.69) is 5.32 Å². The second-order valence-corrected chi connectivity index (χ2v) is 6.22. The molecule has 0 aliphatic rings. The van der Waals surface area contributed by atoms with Gasteiger partial charge in [-0.2, -0.15) is 0 Å². The molecule has 150 valence electrons. The lowest BCUT2D eigenvalue weighted by molar-refractivity contribution is -0.119. The smallest absolute Gasteiger partial charge is 0.338 e. The van der Waals surface area contributed by atoms with Gasteiger partial charge >= 0.3 is 5.97 Å². The Balaban J connectivity index is 1.73. The van der Waals surface area contributed by atoms with Crippen molar-refractivity contribution in [2.45, 2.75) is 6.92 Å². The van der Waals surface area contributed by atoms with E-state index in [0.29, 0.717) is 17.4 Å². The number of hydrogen-bond donors (Lipinski definition) is 1. The molecule has 0 bridgehead atoms. The molecule has 0 fully saturated rings. The molecule has 1 heterocycles. The van der Waals surface area contributed by atoms with Crippen LogP contribution in [0, 0.1) is 18.6 Å². The Labute approximate surface area is 164 Å². The van der Waals surface area contributed by atoms with Crippen molar-refractivity contribution >= 4 is 17.6 Å². The van der Waals surface area contributed by atoms with Crippen molar-refractivity contribution in [1.29, 1.82) is 0 Å². The molecular formula is C20H17F2N3O4. The normalized spacial score (nSPS) is 10.6. The largest absolute Gasteiger partial charge is 0.452 e. The number of ether oxygens (including phenoxy) is 1. The van der Waals surface area contributed by atoms with E-state index in [4.69, 9.17) is 4.74 Å². The summed E-state index contributed by atoms with van der Waals surface area (Å²) in [6.45, 7) is 0.925. The van der Waals surface area contributed by atoms with Gasteiger partial charge in [0.25, 0.3) is 11.5 Å². The molecule has 0 radical (unpaired) electrons. The molecule has 0 atom stereocenters. The summed E-state index contributed by atoms with van der Waals surface area (Å²) in [5.41, 5.74) is 0.323. The molecule has 29 heavy (non-hydrogen) atoms. The number of carbonyl (C=O) groups is 2. The Morgan fingerprint density at radius 3 is 2.31 bits per heavy atom. The second kappa shape index (κ2) is 8.09. The zero-order valence-electron chi connectivity index (χ0n) is 15.6. The molecule has 0 saturated heterocycles. The standard InChI is InChI=1S/C20H17F2N3O4/c1-12-18(19(27)25(24(12)2)16-6-4-3-5-7-16)23-17(26)11-29-20(28)13-8-14(21)10-15(22)9-13/h3-10H,11H2,1-2H3,(H,23,26). The van der Waals surface area contributed by atoms with Crippen LogP contribution in [0.4, 0.5) is 14.5 Å². The van der Waals surface area contributed by atoms with Crippen LogP contribution in [-0.2, 0) is 16.6 Å². The zero-order valence-corrected chi connectivity index (χ0v) is 15.6. The molecule has 0 aliphatic heterocycles. The lowest BCUT2D eigenvalue weighted by atomic mass is 10.2. The summed E-state index contributed by atoms with van der Waals surface area (Å²) in [6.07, 6.45) is 0. The first kappa shape index (κ1) is 20.0. The minimum Gasteiger partial charge on any atom is -0.452 e.